The number of rotatable bonds is 3. The Balaban J connectivity index is 2.67. The predicted octanol–water partition coefficient (Wildman–Crippen LogP) is 3.24. The molecule has 1 rings (SSSR count). The summed E-state index contributed by atoms with van der Waals surface area (Å²) in [5, 5.41) is 0. The highest BCUT2D eigenvalue weighted by Crippen LogP contribution is 2.18. The van der Waals surface area contributed by atoms with Crippen molar-refractivity contribution in [2.24, 2.45) is 0 Å². The lowest BCUT2D eigenvalue weighted by Crippen LogP contribution is -2.44. The lowest BCUT2D eigenvalue weighted by atomic mass is 10.1. The van der Waals surface area contributed by atoms with E-state index in [4.69, 9.17) is 4.74 Å². The molecule has 0 N–H and O–H groups in total. The third-order valence-electron chi connectivity index (χ3n) is 3.37. The summed E-state index contributed by atoms with van der Waals surface area (Å²) in [4.78, 5) is 16.2. The molecule has 1 fully saturated rings. The molecule has 0 radical (unpaired) electrons. The van der Waals surface area contributed by atoms with Gasteiger partial charge >= 0.3 is 6.09 Å². The van der Waals surface area contributed by atoms with E-state index in [-0.39, 0.29) is 6.09 Å². The highest BCUT2D eigenvalue weighted by Gasteiger charge is 2.27. The second-order valence-corrected chi connectivity index (χ2v) is 6.09. The molecular formula is C15H28N2O2. The molecule has 0 bridgehead atoms. The Hall–Kier alpha value is -1.19. The summed E-state index contributed by atoms with van der Waals surface area (Å²) < 4.78 is 5.47. The fraction of sp³-hybridized carbons (Fsp3) is 0.800. The van der Waals surface area contributed by atoms with Crippen molar-refractivity contribution >= 4 is 6.09 Å². The molecule has 4 heteroatoms. The SMILES string of the molecule is C=CN(CC)[C@H]1CCCCN(C(=O)OC(C)(C)C)C1. The predicted molar refractivity (Wildman–Crippen MR) is 78.0 cm³/mol. The second kappa shape index (κ2) is 6.83. The first kappa shape index (κ1) is 15.9. The molecule has 0 saturated carbocycles. The third kappa shape index (κ3) is 5.13. The van der Waals surface area contributed by atoms with Crippen LogP contribution in [-0.2, 0) is 4.74 Å². The summed E-state index contributed by atoms with van der Waals surface area (Å²) in [6, 6.07) is 0.359. The molecule has 1 amide bonds. The summed E-state index contributed by atoms with van der Waals surface area (Å²) in [6.45, 7) is 14.1. The Morgan fingerprint density at radius 3 is 2.68 bits per heavy atom. The van der Waals surface area contributed by atoms with Gasteiger partial charge in [-0.2, -0.15) is 0 Å². The van der Waals surface area contributed by atoms with Crippen LogP contribution in [-0.4, -0.2) is 47.2 Å². The van der Waals surface area contributed by atoms with E-state index in [1.54, 1.807) is 0 Å². The monoisotopic (exact) mass is 268 g/mol. The normalized spacial score (nSPS) is 20.6. The minimum Gasteiger partial charge on any atom is -0.444 e. The molecule has 0 aromatic heterocycles. The van der Waals surface area contributed by atoms with Gasteiger partial charge in [0.25, 0.3) is 0 Å². The van der Waals surface area contributed by atoms with Gasteiger partial charge in [-0.15, -0.1) is 0 Å². The Kier molecular flexibility index (Phi) is 5.70. The zero-order chi connectivity index (χ0) is 14.5. The number of likely N-dealkylation sites (tertiary alicyclic amines) is 1. The Morgan fingerprint density at radius 1 is 1.47 bits per heavy atom. The van der Waals surface area contributed by atoms with Crippen molar-refractivity contribution in [2.45, 2.75) is 58.6 Å². The maximum atomic E-state index is 12.2. The van der Waals surface area contributed by atoms with E-state index >= 15 is 0 Å². The van der Waals surface area contributed by atoms with Gasteiger partial charge in [0.1, 0.15) is 5.60 Å². The molecule has 19 heavy (non-hydrogen) atoms. The van der Waals surface area contributed by atoms with Gasteiger partial charge in [0.15, 0.2) is 0 Å². The van der Waals surface area contributed by atoms with Crippen LogP contribution in [0.5, 0.6) is 0 Å². The van der Waals surface area contributed by atoms with Gasteiger partial charge in [0, 0.05) is 25.7 Å². The molecule has 1 heterocycles. The van der Waals surface area contributed by atoms with Crippen molar-refractivity contribution in [2.75, 3.05) is 19.6 Å². The largest absolute Gasteiger partial charge is 0.444 e. The maximum absolute atomic E-state index is 12.2. The summed E-state index contributed by atoms with van der Waals surface area (Å²) >= 11 is 0. The molecule has 1 atom stereocenters. The van der Waals surface area contributed by atoms with Crippen molar-refractivity contribution in [3.05, 3.63) is 12.8 Å². The number of hydrogen-bond donors (Lipinski definition) is 0. The van der Waals surface area contributed by atoms with E-state index in [0.29, 0.717) is 6.04 Å². The summed E-state index contributed by atoms with van der Waals surface area (Å²) in [6.07, 6.45) is 4.99. The lowest BCUT2D eigenvalue weighted by molar-refractivity contribution is 0.0222. The number of carbonyl (C=O) groups excluding carboxylic acids is 1. The van der Waals surface area contributed by atoms with Gasteiger partial charge in [-0.25, -0.2) is 4.79 Å². The minimum atomic E-state index is -0.429. The average Bonchev–Trinajstić information content (AvgIpc) is 2.54. The van der Waals surface area contributed by atoms with Crippen LogP contribution in [0, 0.1) is 0 Å². The van der Waals surface area contributed by atoms with Crippen molar-refractivity contribution in [3.8, 4) is 0 Å². The van der Waals surface area contributed by atoms with Crippen molar-refractivity contribution in [3.63, 3.8) is 0 Å². The average molecular weight is 268 g/mol. The number of likely N-dealkylation sites (N-methyl/N-ethyl adjacent to an activating group) is 1. The van der Waals surface area contributed by atoms with E-state index < -0.39 is 5.60 Å². The van der Waals surface area contributed by atoms with Gasteiger partial charge in [-0.1, -0.05) is 6.58 Å². The fourth-order valence-corrected chi connectivity index (χ4v) is 2.42. The summed E-state index contributed by atoms with van der Waals surface area (Å²) in [5.74, 6) is 0. The Morgan fingerprint density at radius 2 is 2.16 bits per heavy atom. The first-order valence-electron chi connectivity index (χ1n) is 7.23. The fourth-order valence-electron chi connectivity index (χ4n) is 2.42. The van der Waals surface area contributed by atoms with Crippen LogP contribution in [0.3, 0.4) is 0 Å². The second-order valence-electron chi connectivity index (χ2n) is 6.09. The topological polar surface area (TPSA) is 32.8 Å². The van der Waals surface area contributed by atoms with E-state index in [1.807, 2.05) is 31.9 Å². The molecule has 1 aliphatic heterocycles. The molecule has 0 aromatic rings. The van der Waals surface area contributed by atoms with Crippen molar-refractivity contribution in [1.82, 2.24) is 9.80 Å². The van der Waals surface area contributed by atoms with Crippen LogP contribution >= 0.6 is 0 Å². The van der Waals surface area contributed by atoms with Gasteiger partial charge in [0.2, 0.25) is 0 Å². The molecule has 0 aromatic carbocycles. The molecule has 0 spiro atoms. The molecular weight excluding hydrogens is 240 g/mol. The van der Waals surface area contributed by atoms with Gasteiger partial charge in [-0.3, -0.25) is 0 Å². The number of nitrogens with zero attached hydrogens (tertiary/aromatic N) is 2. The van der Waals surface area contributed by atoms with Gasteiger partial charge < -0.3 is 14.5 Å². The molecule has 0 aliphatic carbocycles. The lowest BCUT2D eigenvalue weighted by Gasteiger charge is -2.33. The molecule has 1 aliphatic rings. The van der Waals surface area contributed by atoms with Crippen LogP contribution in [0.1, 0.15) is 47.0 Å². The maximum Gasteiger partial charge on any atom is 0.410 e. The smallest absolute Gasteiger partial charge is 0.410 e. The first-order valence-corrected chi connectivity index (χ1v) is 7.23. The van der Waals surface area contributed by atoms with Crippen LogP contribution in [0.4, 0.5) is 4.79 Å². The van der Waals surface area contributed by atoms with E-state index in [1.165, 1.54) is 0 Å². The quantitative estimate of drug-likeness (QED) is 0.787. The molecule has 1 saturated heterocycles. The molecule has 110 valence electrons. The van der Waals surface area contributed by atoms with E-state index in [9.17, 15) is 4.79 Å². The van der Waals surface area contributed by atoms with Crippen LogP contribution < -0.4 is 0 Å². The van der Waals surface area contributed by atoms with Gasteiger partial charge in [0.05, 0.1) is 0 Å². The first-order chi connectivity index (χ1) is 8.87. The zero-order valence-corrected chi connectivity index (χ0v) is 12.8. The summed E-state index contributed by atoms with van der Waals surface area (Å²) in [5.41, 5.74) is -0.429. The van der Waals surface area contributed by atoms with Gasteiger partial charge in [-0.05, 0) is 53.2 Å². The minimum absolute atomic E-state index is 0.195. The third-order valence-corrected chi connectivity index (χ3v) is 3.37. The number of ether oxygens (including phenoxy) is 1. The van der Waals surface area contributed by atoms with Crippen LogP contribution in [0.15, 0.2) is 12.8 Å². The highest BCUT2D eigenvalue weighted by molar-refractivity contribution is 5.68. The zero-order valence-electron chi connectivity index (χ0n) is 12.8. The van der Waals surface area contributed by atoms with Crippen LogP contribution in [0.25, 0.3) is 0 Å². The molecule has 0 unspecified atom stereocenters. The molecule has 4 nitrogen and oxygen atoms in total. The highest BCUT2D eigenvalue weighted by atomic mass is 16.6. The van der Waals surface area contributed by atoms with Crippen LogP contribution in [0.2, 0.25) is 0 Å². The number of hydrogen-bond acceptors (Lipinski definition) is 3. The number of amides is 1. The Bertz CT molecular complexity index is 310. The van der Waals surface area contributed by atoms with Crippen molar-refractivity contribution < 1.29 is 9.53 Å². The summed E-state index contributed by atoms with van der Waals surface area (Å²) in [7, 11) is 0. The Labute approximate surface area is 117 Å². The number of carbonyl (C=O) groups is 1. The van der Waals surface area contributed by atoms with E-state index in [0.717, 1.165) is 38.9 Å². The van der Waals surface area contributed by atoms with Crippen molar-refractivity contribution in [1.29, 1.82) is 0 Å². The standard InChI is InChI=1S/C15H28N2O2/c1-6-16(7-2)13-10-8-9-11-17(12-13)14(18)19-15(3,4)5/h6,13H,1,7-12H2,2-5H3/t13-/m0/s1. The van der Waals surface area contributed by atoms with E-state index in [2.05, 4.69) is 18.4 Å².